The van der Waals surface area contributed by atoms with Gasteiger partial charge in [0.15, 0.2) is 5.11 Å². The number of furan rings is 1. The average Bonchev–Trinajstić information content (AvgIpc) is 3.46. The monoisotopic (exact) mass is 523 g/mol. The van der Waals surface area contributed by atoms with Crippen LogP contribution in [0.25, 0.3) is 11.3 Å². The molecule has 35 heavy (non-hydrogen) atoms. The van der Waals surface area contributed by atoms with Crippen molar-refractivity contribution in [1.82, 2.24) is 10.3 Å². The molecule has 0 radical (unpaired) electrons. The Hall–Kier alpha value is -3.06. The lowest BCUT2D eigenvalue weighted by Gasteiger charge is -2.26. The molecule has 0 amide bonds. The summed E-state index contributed by atoms with van der Waals surface area (Å²) in [6.07, 6.45) is 1.88. The van der Waals surface area contributed by atoms with Gasteiger partial charge in [0.25, 0.3) is 0 Å². The number of thiocarbonyl (C=S) groups is 1. The molecule has 178 valence electrons. The quantitative estimate of drug-likeness (QED) is 0.262. The SMILES string of the molecule is CC(C)Oc1ccc(N2C(=S)N[C@H](c3ccccn3)[C@H]2c2ccc(-c3ccc(Cl)c(Cl)c3)o2)cc1. The van der Waals surface area contributed by atoms with E-state index < -0.39 is 0 Å². The third kappa shape index (κ3) is 4.87. The number of benzene rings is 2. The van der Waals surface area contributed by atoms with Gasteiger partial charge in [-0.3, -0.25) is 4.98 Å². The molecule has 8 heteroatoms. The Morgan fingerprint density at radius 2 is 1.80 bits per heavy atom. The van der Waals surface area contributed by atoms with Crippen LogP contribution in [0.4, 0.5) is 5.69 Å². The van der Waals surface area contributed by atoms with Crippen molar-refractivity contribution in [3.8, 4) is 17.1 Å². The molecule has 1 aliphatic rings. The van der Waals surface area contributed by atoms with Crippen molar-refractivity contribution in [2.45, 2.75) is 32.0 Å². The van der Waals surface area contributed by atoms with Gasteiger partial charge in [-0.25, -0.2) is 0 Å². The molecular formula is C27H23Cl2N3O2S. The maximum absolute atomic E-state index is 6.38. The Labute approximate surface area is 219 Å². The summed E-state index contributed by atoms with van der Waals surface area (Å²) in [6, 6.07) is 22.6. The van der Waals surface area contributed by atoms with Gasteiger partial charge >= 0.3 is 0 Å². The molecule has 4 aromatic rings. The lowest BCUT2D eigenvalue weighted by atomic mass is 10.0. The van der Waals surface area contributed by atoms with E-state index in [-0.39, 0.29) is 18.2 Å². The molecule has 1 N–H and O–H groups in total. The minimum absolute atomic E-state index is 0.0968. The molecule has 3 heterocycles. The van der Waals surface area contributed by atoms with Crippen LogP contribution in [0.5, 0.6) is 5.75 Å². The van der Waals surface area contributed by atoms with Crippen LogP contribution >= 0.6 is 35.4 Å². The van der Waals surface area contributed by atoms with E-state index in [4.69, 9.17) is 44.6 Å². The highest BCUT2D eigenvalue weighted by Gasteiger charge is 2.42. The third-order valence-electron chi connectivity index (χ3n) is 5.71. The van der Waals surface area contributed by atoms with E-state index in [0.29, 0.717) is 20.9 Å². The van der Waals surface area contributed by atoms with Crippen molar-refractivity contribution in [1.29, 1.82) is 0 Å². The van der Waals surface area contributed by atoms with E-state index in [9.17, 15) is 0 Å². The summed E-state index contributed by atoms with van der Waals surface area (Å²) in [6.45, 7) is 4.01. The summed E-state index contributed by atoms with van der Waals surface area (Å²) in [5.41, 5.74) is 2.64. The molecule has 1 aliphatic heterocycles. The number of pyridine rings is 1. The Morgan fingerprint density at radius 1 is 1.00 bits per heavy atom. The molecular weight excluding hydrogens is 501 g/mol. The fraction of sp³-hybridized carbons (Fsp3) is 0.185. The van der Waals surface area contributed by atoms with Gasteiger partial charge < -0.3 is 19.4 Å². The lowest BCUT2D eigenvalue weighted by molar-refractivity contribution is 0.242. The van der Waals surface area contributed by atoms with Crippen molar-refractivity contribution in [2.24, 2.45) is 0 Å². The third-order valence-corrected chi connectivity index (χ3v) is 6.76. The van der Waals surface area contributed by atoms with Crippen molar-refractivity contribution in [3.05, 3.63) is 100 Å². The van der Waals surface area contributed by atoms with Gasteiger partial charge in [0.05, 0.1) is 27.9 Å². The van der Waals surface area contributed by atoms with Crippen molar-refractivity contribution in [2.75, 3.05) is 4.90 Å². The number of hydrogen-bond donors (Lipinski definition) is 1. The minimum atomic E-state index is -0.259. The highest BCUT2D eigenvalue weighted by Crippen LogP contribution is 2.43. The molecule has 5 nitrogen and oxygen atoms in total. The highest BCUT2D eigenvalue weighted by atomic mass is 35.5. The van der Waals surface area contributed by atoms with E-state index >= 15 is 0 Å². The van der Waals surface area contributed by atoms with Crippen LogP contribution in [0.15, 0.2) is 83.4 Å². The van der Waals surface area contributed by atoms with Crippen LogP contribution in [-0.4, -0.2) is 16.2 Å². The van der Waals surface area contributed by atoms with Crippen molar-refractivity contribution < 1.29 is 9.15 Å². The second-order valence-corrected chi connectivity index (χ2v) is 9.69. The van der Waals surface area contributed by atoms with Crippen LogP contribution in [-0.2, 0) is 0 Å². The first kappa shape index (κ1) is 23.7. The molecule has 2 aromatic heterocycles. The Kier molecular flexibility index (Phi) is 6.69. The zero-order chi connectivity index (χ0) is 24.5. The summed E-state index contributed by atoms with van der Waals surface area (Å²) in [5.74, 6) is 2.24. The summed E-state index contributed by atoms with van der Waals surface area (Å²) < 4.78 is 12.2. The number of ether oxygens (including phenoxy) is 1. The van der Waals surface area contributed by atoms with Gasteiger partial charge in [-0.15, -0.1) is 0 Å². The smallest absolute Gasteiger partial charge is 0.174 e. The highest BCUT2D eigenvalue weighted by molar-refractivity contribution is 7.80. The van der Waals surface area contributed by atoms with E-state index in [1.54, 1.807) is 18.3 Å². The van der Waals surface area contributed by atoms with Gasteiger partial charge in [-0.2, -0.15) is 0 Å². The molecule has 2 aromatic carbocycles. The fourth-order valence-corrected chi connectivity index (χ4v) is 4.84. The second kappa shape index (κ2) is 9.90. The predicted octanol–water partition coefficient (Wildman–Crippen LogP) is 7.61. The molecule has 1 fully saturated rings. The minimum Gasteiger partial charge on any atom is -0.491 e. The molecule has 1 saturated heterocycles. The predicted molar refractivity (Wildman–Crippen MR) is 144 cm³/mol. The number of hydrogen-bond acceptors (Lipinski definition) is 4. The molecule has 0 bridgehead atoms. The Bertz CT molecular complexity index is 1340. The number of nitrogens with zero attached hydrogens (tertiary/aromatic N) is 2. The van der Waals surface area contributed by atoms with E-state index in [1.165, 1.54) is 0 Å². The standard InChI is InChI=1S/C27H23Cl2N3O2S/c1-16(2)33-19-9-7-18(8-10-19)32-26(25(31-27(32)35)22-5-3-4-14-30-22)24-13-12-23(34-24)17-6-11-20(28)21(29)15-17/h3-16,25-26H,1-2H3,(H,31,35)/t25-,26-/m1/s1. The molecule has 0 aliphatic carbocycles. The summed E-state index contributed by atoms with van der Waals surface area (Å²) >= 11 is 18.1. The van der Waals surface area contributed by atoms with Gasteiger partial charge in [-0.1, -0.05) is 29.3 Å². The van der Waals surface area contributed by atoms with E-state index in [0.717, 1.165) is 28.5 Å². The zero-order valence-corrected chi connectivity index (χ0v) is 21.4. The van der Waals surface area contributed by atoms with Crippen LogP contribution in [0.1, 0.15) is 37.4 Å². The molecule has 5 rings (SSSR count). The van der Waals surface area contributed by atoms with Crippen molar-refractivity contribution >= 4 is 46.2 Å². The fourth-order valence-electron chi connectivity index (χ4n) is 4.20. The largest absolute Gasteiger partial charge is 0.491 e. The number of halogens is 2. The van der Waals surface area contributed by atoms with E-state index in [1.807, 2.05) is 74.5 Å². The van der Waals surface area contributed by atoms with Gasteiger partial charge in [0.1, 0.15) is 23.3 Å². The first-order valence-corrected chi connectivity index (χ1v) is 12.4. The summed E-state index contributed by atoms with van der Waals surface area (Å²) in [7, 11) is 0. The number of aromatic nitrogens is 1. The maximum atomic E-state index is 6.38. The van der Waals surface area contributed by atoms with Gasteiger partial charge in [-0.05, 0) is 92.8 Å². The van der Waals surface area contributed by atoms with Crippen LogP contribution in [0, 0.1) is 0 Å². The van der Waals surface area contributed by atoms with Gasteiger partial charge in [0.2, 0.25) is 0 Å². The Balaban J connectivity index is 1.55. The first-order chi connectivity index (χ1) is 16.9. The van der Waals surface area contributed by atoms with Crippen LogP contribution < -0.4 is 15.0 Å². The average molecular weight is 524 g/mol. The summed E-state index contributed by atoms with van der Waals surface area (Å²) in [4.78, 5) is 6.65. The zero-order valence-electron chi connectivity index (χ0n) is 19.1. The number of rotatable bonds is 6. The normalized spacial score (nSPS) is 17.6. The van der Waals surface area contributed by atoms with Crippen molar-refractivity contribution in [3.63, 3.8) is 0 Å². The second-order valence-electron chi connectivity index (χ2n) is 8.49. The number of anilines is 1. The number of nitrogens with one attached hydrogen (secondary N) is 1. The van der Waals surface area contributed by atoms with E-state index in [2.05, 4.69) is 15.2 Å². The maximum Gasteiger partial charge on any atom is 0.174 e. The molecule has 2 atom stereocenters. The molecule has 0 unspecified atom stereocenters. The molecule has 0 saturated carbocycles. The lowest BCUT2D eigenvalue weighted by Crippen LogP contribution is -2.29. The summed E-state index contributed by atoms with van der Waals surface area (Å²) in [5, 5.41) is 5.01. The molecule has 0 spiro atoms. The Morgan fingerprint density at radius 3 is 2.49 bits per heavy atom. The topological polar surface area (TPSA) is 50.5 Å². The van der Waals surface area contributed by atoms with Crippen LogP contribution in [0.2, 0.25) is 10.0 Å². The van der Waals surface area contributed by atoms with Crippen LogP contribution in [0.3, 0.4) is 0 Å². The van der Waals surface area contributed by atoms with Gasteiger partial charge in [0, 0.05) is 17.4 Å². The first-order valence-electron chi connectivity index (χ1n) is 11.2.